The van der Waals surface area contributed by atoms with Gasteiger partial charge >= 0.3 is 5.97 Å². The molecule has 1 N–H and O–H groups in total. The first-order valence-corrected chi connectivity index (χ1v) is 4.92. The molecule has 0 aliphatic heterocycles. The molecule has 1 aliphatic rings. The lowest BCUT2D eigenvalue weighted by Gasteiger charge is -2.37. The molecule has 1 fully saturated rings. The molecule has 1 rings (SSSR count). The van der Waals surface area contributed by atoms with Gasteiger partial charge in [-0.25, -0.2) is 0 Å². The molecule has 0 atom stereocenters. The molecule has 0 aromatic carbocycles. The van der Waals surface area contributed by atoms with E-state index >= 15 is 0 Å². The van der Waals surface area contributed by atoms with Crippen LogP contribution in [-0.2, 0) is 14.3 Å². The zero-order chi connectivity index (χ0) is 10.8. The summed E-state index contributed by atoms with van der Waals surface area (Å²) in [4.78, 5) is 23.2. The summed E-state index contributed by atoms with van der Waals surface area (Å²) in [6.07, 6.45) is 2.14. The van der Waals surface area contributed by atoms with Gasteiger partial charge in [-0.1, -0.05) is 6.42 Å². The summed E-state index contributed by atoms with van der Waals surface area (Å²) in [7, 11) is 1.32. The second kappa shape index (κ2) is 3.98. The van der Waals surface area contributed by atoms with E-state index in [1.165, 1.54) is 7.11 Å². The lowest BCUT2D eigenvalue weighted by Crippen LogP contribution is -2.53. The van der Waals surface area contributed by atoms with E-state index in [-0.39, 0.29) is 11.9 Å². The van der Waals surface area contributed by atoms with Gasteiger partial charge in [-0.3, -0.25) is 9.59 Å². The number of carbonyl (C=O) groups is 2. The lowest BCUT2D eigenvalue weighted by atomic mass is 9.68. The summed E-state index contributed by atoms with van der Waals surface area (Å²) in [5, 5.41) is 2.76. The monoisotopic (exact) mass is 199 g/mol. The van der Waals surface area contributed by atoms with Crippen molar-refractivity contribution >= 4 is 11.9 Å². The quantitative estimate of drug-likeness (QED) is 0.541. The summed E-state index contributed by atoms with van der Waals surface area (Å²) in [6.45, 7) is 3.75. The van der Waals surface area contributed by atoms with Crippen LogP contribution in [0.3, 0.4) is 0 Å². The van der Waals surface area contributed by atoms with Crippen LogP contribution in [0.5, 0.6) is 0 Å². The van der Waals surface area contributed by atoms with Crippen molar-refractivity contribution in [2.24, 2.45) is 5.41 Å². The number of amides is 1. The Balaban J connectivity index is 2.70. The van der Waals surface area contributed by atoms with E-state index in [1.807, 2.05) is 13.8 Å². The van der Waals surface area contributed by atoms with Gasteiger partial charge in [-0.2, -0.15) is 0 Å². The fourth-order valence-electron chi connectivity index (χ4n) is 1.65. The predicted molar refractivity (Wildman–Crippen MR) is 51.6 cm³/mol. The third kappa shape index (κ3) is 1.74. The number of esters is 1. The summed E-state index contributed by atoms with van der Waals surface area (Å²) in [6, 6.07) is 0.0598. The minimum Gasteiger partial charge on any atom is -0.468 e. The Labute approximate surface area is 84.0 Å². The number of nitrogens with one attached hydrogen (secondary N) is 1. The van der Waals surface area contributed by atoms with Crippen LogP contribution in [0.4, 0.5) is 0 Å². The Morgan fingerprint density at radius 1 is 1.36 bits per heavy atom. The highest BCUT2D eigenvalue weighted by Gasteiger charge is 2.51. The molecule has 0 saturated heterocycles. The molecule has 4 nitrogen and oxygen atoms in total. The van der Waals surface area contributed by atoms with Gasteiger partial charge in [-0.05, 0) is 26.7 Å². The fourth-order valence-corrected chi connectivity index (χ4v) is 1.65. The first kappa shape index (κ1) is 11.0. The van der Waals surface area contributed by atoms with Crippen LogP contribution in [0.15, 0.2) is 0 Å². The number of rotatable bonds is 3. The van der Waals surface area contributed by atoms with Gasteiger partial charge in [0.05, 0.1) is 7.11 Å². The van der Waals surface area contributed by atoms with Crippen LogP contribution in [-0.4, -0.2) is 25.0 Å². The molecule has 0 aromatic heterocycles. The first-order chi connectivity index (χ1) is 6.53. The fraction of sp³-hybridized carbons (Fsp3) is 0.800. The van der Waals surface area contributed by atoms with Gasteiger partial charge in [0, 0.05) is 6.04 Å². The smallest absolute Gasteiger partial charge is 0.321 e. The standard InChI is InChI=1S/C10H17NO3/c1-7(2)11-8(12)10(5-4-6-10)9(13)14-3/h7H,4-6H2,1-3H3,(H,11,12). The molecule has 14 heavy (non-hydrogen) atoms. The number of hydrogen-bond acceptors (Lipinski definition) is 3. The van der Waals surface area contributed by atoms with E-state index in [0.29, 0.717) is 12.8 Å². The molecule has 0 radical (unpaired) electrons. The molecule has 0 spiro atoms. The van der Waals surface area contributed by atoms with Crippen molar-refractivity contribution in [3.63, 3.8) is 0 Å². The van der Waals surface area contributed by atoms with Crippen molar-refractivity contribution in [2.75, 3.05) is 7.11 Å². The van der Waals surface area contributed by atoms with Crippen molar-refractivity contribution in [3.8, 4) is 0 Å². The van der Waals surface area contributed by atoms with E-state index in [0.717, 1.165) is 6.42 Å². The largest absolute Gasteiger partial charge is 0.468 e. The first-order valence-electron chi connectivity index (χ1n) is 4.92. The summed E-state index contributed by atoms with van der Waals surface area (Å²) in [5.41, 5.74) is -0.890. The highest BCUT2D eigenvalue weighted by Crippen LogP contribution is 2.42. The third-order valence-electron chi connectivity index (χ3n) is 2.64. The lowest BCUT2D eigenvalue weighted by molar-refractivity contribution is -0.165. The Hall–Kier alpha value is -1.06. The highest BCUT2D eigenvalue weighted by molar-refractivity contribution is 6.03. The average Bonchev–Trinajstić information content (AvgIpc) is 2.00. The van der Waals surface area contributed by atoms with Gasteiger partial charge in [0.2, 0.25) is 5.91 Å². The van der Waals surface area contributed by atoms with Crippen LogP contribution in [0, 0.1) is 5.41 Å². The van der Waals surface area contributed by atoms with Gasteiger partial charge < -0.3 is 10.1 Å². The van der Waals surface area contributed by atoms with Gasteiger partial charge in [0.15, 0.2) is 0 Å². The molecule has 4 heteroatoms. The summed E-state index contributed by atoms with van der Waals surface area (Å²) >= 11 is 0. The maximum absolute atomic E-state index is 11.7. The van der Waals surface area contributed by atoms with E-state index in [1.54, 1.807) is 0 Å². The Kier molecular flexibility index (Phi) is 3.13. The molecule has 1 aliphatic carbocycles. The molecule has 1 amide bonds. The van der Waals surface area contributed by atoms with Gasteiger partial charge in [-0.15, -0.1) is 0 Å². The van der Waals surface area contributed by atoms with Gasteiger partial charge in [0.1, 0.15) is 5.41 Å². The highest BCUT2D eigenvalue weighted by atomic mass is 16.5. The van der Waals surface area contributed by atoms with E-state index in [2.05, 4.69) is 10.1 Å². The minimum atomic E-state index is -0.890. The Bertz CT molecular complexity index is 244. The SMILES string of the molecule is COC(=O)C1(C(=O)NC(C)C)CCC1. The van der Waals surface area contributed by atoms with Crippen molar-refractivity contribution in [1.29, 1.82) is 0 Å². The van der Waals surface area contributed by atoms with Crippen molar-refractivity contribution < 1.29 is 14.3 Å². The summed E-state index contributed by atoms with van der Waals surface area (Å²) < 4.78 is 4.66. The molecular formula is C10H17NO3. The van der Waals surface area contributed by atoms with Gasteiger partial charge in [0.25, 0.3) is 0 Å². The second-order valence-corrected chi connectivity index (χ2v) is 4.06. The molecule has 0 bridgehead atoms. The zero-order valence-electron chi connectivity index (χ0n) is 8.92. The molecule has 0 heterocycles. The second-order valence-electron chi connectivity index (χ2n) is 4.06. The molecule has 0 aromatic rings. The maximum atomic E-state index is 11.7. The maximum Gasteiger partial charge on any atom is 0.321 e. The van der Waals surface area contributed by atoms with Crippen molar-refractivity contribution in [1.82, 2.24) is 5.32 Å². The molecular weight excluding hydrogens is 182 g/mol. The molecule has 1 saturated carbocycles. The number of methoxy groups -OCH3 is 1. The third-order valence-corrected chi connectivity index (χ3v) is 2.64. The van der Waals surface area contributed by atoms with E-state index in [4.69, 9.17) is 0 Å². The van der Waals surface area contributed by atoms with E-state index < -0.39 is 11.4 Å². The van der Waals surface area contributed by atoms with Crippen molar-refractivity contribution in [3.05, 3.63) is 0 Å². The Morgan fingerprint density at radius 2 is 1.93 bits per heavy atom. The van der Waals surface area contributed by atoms with Crippen LogP contribution in [0.1, 0.15) is 33.1 Å². The van der Waals surface area contributed by atoms with E-state index in [9.17, 15) is 9.59 Å². The van der Waals surface area contributed by atoms with Crippen LogP contribution in [0.25, 0.3) is 0 Å². The summed E-state index contributed by atoms with van der Waals surface area (Å²) in [5.74, 6) is -0.590. The van der Waals surface area contributed by atoms with Crippen LogP contribution < -0.4 is 5.32 Å². The Morgan fingerprint density at radius 3 is 2.21 bits per heavy atom. The predicted octanol–water partition coefficient (Wildman–Crippen LogP) is 0.854. The number of ether oxygens (including phenoxy) is 1. The topological polar surface area (TPSA) is 55.4 Å². The normalized spacial score (nSPS) is 18.6. The number of carbonyl (C=O) groups excluding carboxylic acids is 2. The molecule has 0 unspecified atom stereocenters. The number of hydrogen-bond donors (Lipinski definition) is 1. The zero-order valence-corrected chi connectivity index (χ0v) is 8.92. The van der Waals surface area contributed by atoms with Crippen LogP contribution in [0.2, 0.25) is 0 Å². The average molecular weight is 199 g/mol. The molecule has 80 valence electrons. The minimum absolute atomic E-state index is 0.0598. The van der Waals surface area contributed by atoms with Crippen molar-refractivity contribution in [2.45, 2.75) is 39.2 Å². The van der Waals surface area contributed by atoms with Crippen LogP contribution >= 0.6 is 0 Å².